The molecule has 0 fully saturated rings. The molecule has 178 valence electrons. The van der Waals surface area contributed by atoms with Crippen LogP contribution in [-0.4, -0.2) is 35.8 Å². The maximum absolute atomic E-state index is 12.0. The molecule has 1 aromatic heterocycles. The molecule has 35 heavy (non-hydrogen) atoms. The fourth-order valence-corrected chi connectivity index (χ4v) is 4.51. The zero-order valence-corrected chi connectivity index (χ0v) is 20.4. The lowest BCUT2D eigenvalue weighted by Crippen LogP contribution is -2.15. The number of rotatable bonds is 6. The third kappa shape index (κ3) is 5.31. The Morgan fingerprint density at radius 1 is 0.971 bits per heavy atom. The molecule has 0 radical (unpaired) electrons. The van der Waals surface area contributed by atoms with Gasteiger partial charge >= 0.3 is 5.97 Å². The molecule has 0 unspecified atom stereocenters. The van der Waals surface area contributed by atoms with Crippen molar-refractivity contribution in [3.63, 3.8) is 0 Å². The van der Waals surface area contributed by atoms with Gasteiger partial charge < -0.3 is 10.2 Å². The zero-order chi connectivity index (χ0) is 25.4. The van der Waals surface area contributed by atoms with Crippen LogP contribution in [0.1, 0.15) is 30.5 Å². The van der Waals surface area contributed by atoms with Crippen LogP contribution in [0.5, 0.6) is 0 Å². The van der Waals surface area contributed by atoms with Crippen molar-refractivity contribution in [1.29, 1.82) is 0 Å². The smallest absolute Gasteiger partial charge is 0.336 e. The van der Waals surface area contributed by atoms with Crippen LogP contribution in [0.25, 0.3) is 33.7 Å². The lowest BCUT2D eigenvalue weighted by Gasteiger charge is -2.20. The summed E-state index contributed by atoms with van der Waals surface area (Å²) >= 11 is 0. The number of nitrogens with zero attached hydrogens (tertiary/aromatic N) is 1. The third-order valence-electron chi connectivity index (χ3n) is 5.74. The molecule has 0 bridgehead atoms. The van der Waals surface area contributed by atoms with Gasteiger partial charge in [0.05, 0.1) is 21.6 Å². The Bertz CT molecular complexity index is 1560. The summed E-state index contributed by atoms with van der Waals surface area (Å²) in [5, 5.41) is 21.4. The van der Waals surface area contributed by atoms with E-state index in [2.05, 4.69) is 4.98 Å². The summed E-state index contributed by atoms with van der Waals surface area (Å²) in [6.07, 6.45) is 4.37. The molecule has 1 heterocycles. The number of aliphatic carboxylic acids is 1. The van der Waals surface area contributed by atoms with Crippen molar-refractivity contribution in [3.05, 3.63) is 95.7 Å². The highest BCUT2D eigenvalue weighted by atomic mass is 32.2. The molecule has 0 aliphatic carbocycles. The second kappa shape index (κ2) is 9.09. The number of pyridine rings is 1. The molecular weight excluding hydrogens is 462 g/mol. The summed E-state index contributed by atoms with van der Waals surface area (Å²) in [6.45, 7) is 3.45. The monoisotopic (exact) mass is 487 g/mol. The molecule has 0 saturated carbocycles. The zero-order valence-electron chi connectivity index (χ0n) is 19.6. The number of hydrogen-bond donors (Lipinski definition) is 2. The van der Waals surface area contributed by atoms with Gasteiger partial charge in [0, 0.05) is 23.4 Å². The summed E-state index contributed by atoms with van der Waals surface area (Å²) in [5.74, 6) is -1.13. The van der Waals surface area contributed by atoms with Crippen LogP contribution in [0.4, 0.5) is 0 Å². The van der Waals surface area contributed by atoms with E-state index in [0.717, 1.165) is 33.8 Å². The molecule has 7 heteroatoms. The molecule has 4 rings (SSSR count). The Kier molecular flexibility index (Phi) is 6.32. The summed E-state index contributed by atoms with van der Waals surface area (Å²) in [6, 6.07) is 20.8. The molecular formula is C28H25NO5S. The maximum atomic E-state index is 12.0. The summed E-state index contributed by atoms with van der Waals surface area (Å²) < 4.78 is 23.5. The number of hydrogen-bond acceptors (Lipinski definition) is 5. The van der Waals surface area contributed by atoms with E-state index in [0.29, 0.717) is 11.1 Å². The van der Waals surface area contributed by atoms with E-state index in [9.17, 15) is 23.4 Å². The highest BCUT2D eigenvalue weighted by Crippen LogP contribution is 2.33. The van der Waals surface area contributed by atoms with Crippen molar-refractivity contribution < 1.29 is 23.4 Å². The van der Waals surface area contributed by atoms with Gasteiger partial charge in [0.2, 0.25) is 0 Å². The van der Waals surface area contributed by atoms with Gasteiger partial charge in [0.25, 0.3) is 0 Å². The maximum Gasteiger partial charge on any atom is 0.336 e. The second-order valence-corrected chi connectivity index (χ2v) is 11.0. The molecule has 0 spiro atoms. The number of carboxylic acid groups (broad SMARTS) is 1. The van der Waals surface area contributed by atoms with E-state index >= 15 is 0 Å². The van der Waals surface area contributed by atoms with Crippen LogP contribution in [0.3, 0.4) is 0 Å². The average molecular weight is 488 g/mol. The van der Waals surface area contributed by atoms with Crippen molar-refractivity contribution in [2.45, 2.75) is 24.3 Å². The lowest BCUT2D eigenvalue weighted by atomic mass is 9.91. The predicted octanol–water partition coefficient (Wildman–Crippen LogP) is 5.16. The Morgan fingerprint density at radius 3 is 2.31 bits per heavy atom. The number of aliphatic hydroxyl groups is 1. The summed E-state index contributed by atoms with van der Waals surface area (Å²) in [7, 11) is -3.38. The van der Waals surface area contributed by atoms with Crippen LogP contribution in [0.2, 0.25) is 0 Å². The van der Waals surface area contributed by atoms with E-state index < -0.39 is 21.4 Å². The summed E-state index contributed by atoms with van der Waals surface area (Å²) in [4.78, 5) is 16.7. The van der Waals surface area contributed by atoms with Gasteiger partial charge in [-0.3, -0.25) is 4.98 Å². The van der Waals surface area contributed by atoms with Crippen LogP contribution in [0, 0.1) is 0 Å². The Balaban J connectivity index is 1.83. The molecule has 3 aromatic carbocycles. The van der Waals surface area contributed by atoms with Crippen LogP contribution in [0.15, 0.2) is 83.9 Å². The standard InChI is InChI=1S/C28H25NO5S/c1-28(2,32)22-16-21-8-5-13-29-26(21)24(17-22)20-7-4-6-18(14-20)15-25(27(30)31)19-9-11-23(12-10-19)35(3,33)34/h4-17,32H,1-3H3,(H,30,31)/b25-15+. The predicted molar refractivity (Wildman–Crippen MR) is 137 cm³/mol. The van der Waals surface area contributed by atoms with Crippen molar-refractivity contribution in [2.75, 3.05) is 6.26 Å². The van der Waals surface area contributed by atoms with E-state index in [-0.39, 0.29) is 10.5 Å². The van der Waals surface area contributed by atoms with Gasteiger partial charge in [0.15, 0.2) is 9.84 Å². The number of carboxylic acids is 1. The average Bonchev–Trinajstić information content (AvgIpc) is 2.81. The molecule has 0 aliphatic heterocycles. The molecule has 0 saturated heterocycles. The normalized spacial score (nSPS) is 12.6. The van der Waals surface area contributed by atoms with Crippen LogP contribution in [-0.2, 0) is 20.2 Å². The molecule has 2 N–H and O–H groups in total. The highest BCUT2D eigenvalue weighted by molar-refractivity contribution is 7.90. The number of sulfone groups is 1. The molecule has 4 aromatic rings. The largest absolute Gasteiger partial charge is 0.478 e. The summed E-state index contributed by atoms with van der Waals surface area (Å²) in [5.41, 5.74) is 3.20. The SMILES string of the molecule is CC(C)(O)c1cc(-c2cccc(/C=C(/C(=O)O)c3ccc(S(C)(=O)=O)cc3)c2)c2ncccc2c1. The topological polar surface area (TPSA) is 105 Å². The Labute approximate surface area is 204 Å². The Morgan fingerprint density at radius 2 is 1.69 bits per heavy atom. The van der Waals surface area contributed by atoms with E-state index in [4.69, 9.17) is 0 Å². The quantitative estimate of drug-likeness (QED) is 0.288. The third-order valence-corrected chi connectivity index (χ3v) is 6.87. The molecule has 0 atom stereocenters. The van der Waals surface area contributed by atoms with Gasteiger partial charge in [-0.1, -0.05) is 36.4 Å². The first-order valence-corrected chi connectivity index (χ1v) is 12.8. The van der Waals surface area contributed by atoms with E-state index in [1.807, 2.05) is 42.5 Å². The van der Waals surface area contributed by atoms with Crippen molar-refractivity contribution in [1.82, 2.24) is 4.98 Å². The van der Waals surface area contributed by atoms with Crippen molar-refractivity contribution in [3.8, 4) is 11.1 Å². The van der Waals surface area contributed by atoms with Gasteiger partial charge in [-0.2, -0.15) is 0 Å². The second-order valence-electron chi connectivity index (χ2n) is 8.94. The van der Waals surface area contributed by atoms with Gasteiger partial charge in [-0.25, -0.2) is 13.2 Å². The van der Waals surface area contributed by atoms with Gasteiger partial charge in [-0.05, 0) is 78.6 Å². The number of aromatic nitrogens is 1. The minimum absolute atomic E-state index is 0.0374. The highest BCUT2D eigenvalue weighted by Gasteiger charge is 2.19. The minimum Gasteiger partial charge on any atom is -0.478 e. The first kappa shape index (κ1) is 24.3. The molecule has 6 nitrogen and oxygen atoms in total. The first-order valence-electron chi connectivity index (χ1n) is 10.9. The number of carbonyl (C=O) groups is 1. The van der Waals surface area contributed by atoms with Gasteiger partial charge in [-0.15, -0.1) is 0 Å². The van der Waals surface area contributed by atoms with Gasteiger partial charge in [0.1, 0.15) is 0 Å². The van der Waals surface area contributed by atoms with Crippen molar-refractivity contribution >= 4 is 38.4 Å². The molecule has 0 amide bonds. The fraction of sp³-hybridized carbons (Fsp3) is 0.143. The van der Waals surface area contributed by atoms with Crippen LogP contribution < -0.4 is 0 Å². The lowest BCUT2D eigenvalue weighted by molar-refractivity contribution is -0.130. The van der Waals surface area contributed by atoms with E-state index in [1.165, 1.54) is 24.3 Å². The van der Waals surface area contributed by atoms with Crippen molar-refractivity contribution in [2.24, 2.45) is 0 Å². The van der Waals surface area contributed by atoms with E-state index in [1.54, 1.807) is 32.2 Å². The Hall–Kier alpha value is -3.81. The van der Waals surface area contributed by atoms with Crippen LogP contribution >= 0.6 is 0 Å². The number of fused-ring (bicyclic) bond motifs is 1. The fourth-order valence-electron chi connectivity index (χ4n) is 3.88. The first-order chi connectivity index (χ1) is 16.4. The number of benzene rings is 3. The minimum atomic E-state index is -3.38. The molecule has 0 aliphatic rings.